The van der Waals surface area contributed by atoms with Crippen LogP contribution in [-0.4, -0.2) is 32.5 Å². The van der Waals surface area contributed by atoms with Crippen molar-refractivity contribution in [3.63, 3.8) is 0 Å². The fourth-order valence-electron chi connectivity index (χ4n) is 3.65. The van der Waals surface area contributed by atoms with E-state index < -0.39 is 40.8 Å². The highest BCUT2D eigenvalue weighted by Crippen LogP contribution is 2.28. The number of halogens is 4. The summed E-state index contributed by atoms with van der Waals surface area (Å²) in [6, 6.07) is 4.34. The highest BCUT2D eigenvalue weighted by atomic mass is 19.2. The minimum atomic E-state index is -1.18. The summed E-state index contributed by atoms with van der Waals surface area (Å²) >= 11 is 0. The molecule has 31 heavy (non-hydrogen) atoms. The number of rotatable bonds is 4. The van der Waals surface area contributed by atoms with Crippen LogP contribution in [-0.2, 0) is 0 Å². The minimum absolute atomic E-state index is 0.0131. The van der Waals surface area contributed by atoms with Crippen molar-refractivity contribution in [2.45, 2.75) is 19.9 Å². The molecule has 2 aromatic carbocycles. The van der Waals surface area contributed by atoms with Crippen molar-refractivity contribution >= 4 is 27.6 Å². The van der Waals surface area contributed by atoms with Gasteiger partial charge in [-0.05, 0) is 44.2 Å². The molecule has 4 rings (SSSR count). The molecule has 0 aliphatic rings. The molecule has 0 saturated heterocycles. The fourth-order valence-corrected chi connectivity index (χ4v) is 3.65. The molecule has 1 amide bonds. The molecule has 0 saturated carbocycles. The van der Waals surface area contributed by atoms with Crippen LogP contribution in [0.2, 0.25) is 0 Å². The summed E-state index contributed by atoms with van der Waals surface area (Å²) in [6.07, 6.45) is 0. The number of fused-ring (bicyclic) bond motifs is 2. The van der Waals surface area contributed by atoms with Gasteiger partial charge in [0.2, 0.25) is 0 Å². The van der Waals surface area contributed by atoms with Crippen LogP contribution in [0.4, 0.5) is 17.6 Å². The van der Waals surface area contributed by atoms with E-state index in [1.807, 2.05) is 0 Å². The molecule has 0 spiro atoms. The van der Waals surface area contributed by atoms with Gasteiger partial charge >= 0.3 is 0 Å². The van der Waals surface area contributed by atoms with E-state index in [4.69, 9.17) is 0 Å². The van der Waals surface area contributed by atoms with E-state index in [9.17, 15) is 27.2 Å². The molecule has 2 heterocycles. The van der Waals surface area contributed by atoms with Crippen LogP contribution in [0.25, 0.3) is 21.7 Å². The summed E-state index contributed by atoms with van der Waals surface area (Å²) < 4.78 is 55.0. The Hall–Kier alpha value is -3.69. The first-order valence-electron chi connectivity index (χ1n) is 9.38. The highest BCUT2D eigenvalue weighted by molar-refractivity contribution is 5.98. The molecular formula is C21H16F4N4O2. The van der Waals surface area contributed by atoms with Crippen molar-refractivity contribution in [2.24, 2.45) is 0 Å². The van der Waals surface area contributed by atoms with E-state index in [-0.39, 0.29) is 39.6 Å². The number of nitrogens with zero attached hydrogens (tertiary/aromatic N) is 2. The molecule has 160 valence electrons. The summed E-state index contributed by atoms with van der Waals surface area (Å²) in [6.45, 7) is 3.47. The lowest BCUT2D eigenvalue weighted by Crippen LogP contribution is -2.34. The predicted molar refractivity (Wildman–Crippen MR) is 106 cm³/mol. The maximum atomic E-state index is 14.0. The molecule has 0 aliphatic heterocycles. The fraction of sp³-hybridized carbons (Fsp3) is 0.190. The second-order valence-corrected chi connectivity index (χ2v) is 7.02. The van der Waals surface area contributed by atoms with Crippen LogP contribution in [0.1, 0.15) is 36.1 Å². The molecule has 2 aromatic heterocycles. The van der Waals surface area contributed by atoms with E-state index in [0.29, 0.717) is 0 Å². The quantitative estimate of drug-likeness (QED) is 0.475. The minimum Gasteiger partial charge on any atom is -0.350 e. The third-order valence-electron chi connectivity index (χ3n) is 5.24. The van der Waals surface area contributed by atoms with Crippen LogP contribution in [0.3, 0.4) is 0 Å². The number of aromatic nitrogens is 3. The third kappa shape index (κ3) is 3.33. The van der Waals surface area contributed by atoms with Gasteiger partial charge in [0.15, 0.2) is 23.3 Å². The molecule has 1 atom stereocenters. The monoisotopic (exact) mass is 432 g/mol. The van der Waals surface area contributed by atoms with Crippen molar-refractivity contribution in [2.75, 3.05) is 6.54 Å². The van der Waals surface area contributed by atoms with Gasteiger partial charge in [0.25, 0.3) is 11.5 Å². The van der Waals surface area contributed by atoms with Crippen LogP contribution in [0.5, 0.6) is 0 Å². The first kappa shape index (κ1) is 20.6. The van der Waals surface area contributed by atoms with Crippen molar-refractivity contribution in [3.8, 4) is 0 Å². The number of hydrogen-bond donors (Lipinski definition) is 2. The number of H-pyrrole nitrogens is 2. The number of nitrogens with one attached hydrogen (secondary N) is 2. The summed E-state index contributed by atoms with van der Waals surface area (Å²) in [4.78, 5) is 29.2. The zero-order valence-corrected chi connectivity index (χ0v) is 16.4. The standard InChI is InChI=1S/C21H16F4N4O2/c1-3-29(21(31)17-8-12-16(26-17)5-4-13(22)18(12)25)9(2)19-10-6-14(23)15(24)7-11(10)20(30)28-27-19/h4-9,26H,3H2,1-2H3,(H,28,30). The maximum Gasteiger partial charge on any atom is 0.272 e. The second-order valence-electron chi connectivity index (χ2n) is 7.02. The van der Waals surface area contributed by atoms with E-state index in [0.717, 1.165) is 18.2 Å². The largest absolute Gasteiger partial charge is 0.350 e. The van der Waals surface area contributed by atoms with Gasteiger partial charge in [-0.3, -0.25) is 9.59 Å². The van der Waals surface area contributed by atoms with Gasteiger partial charge in [-0.25, -0.2) is 22.7 Å². The summed E-state index contributed by atoms with van der Waals surface area (Å²) in [5.74, 6) is -5.00. The van der Waals surface area contributed by atoms with E-state index >= 15 is 0 Å². The average Bonchev–Trinajstić information content (AvgIpc) is 3.18. The van der Waals surface area contributed by atoms with Crippen molar-refractivity contribution < 1.29 is 22.4 Å². The van der Waals surface area contributed by atoms with Crippen molar-refractivity contribution in [1.82, 2.24) is 20.1 Å². The van der Waals surface area contributed by atoms with Gasteiger partial charge in [-0.15, -0.1) is 0 Å². The lowest BCUT2D eigenvalue weighted by molar-refractivity contribution is 0.0694. The molecule has 0 radical (unpaired) electrons. The highest BCUT2D eigenvalue weighted by Gasteiger charge is 2.27. The number of benzene rings is 2. The predicted octanol–water partition coefficient (Wildman–Crippen LogP) is 4.18. The Morgan fingerprint density at radius 2 is 1.71 bits per heavy atom. The number of aromatic amines is 2. The van der Waals surface area contributed by atoms with Gasteiger partial charge < -0.3 is 9.88 Å². The molecule has 4 aromatic rings. The summed E-state index contributed by atoms with van der Waals surface area (Å²) in [7, 11) is 0. The Labute approximate surface area is 172 Å². The van der Waals surface area contributed by atoms with Gasteiger partial charge in [-0.1, -0.05) is 0 Å². The van der Waals surface area contributed by atoms with Gasteiger partial charge in [0.05, 0.1) is 17.1 Å². The summed E-state index contributed by atoms with van der Waals surface area (Å²) in [5.41, 5.74) is -0.292. The maximum absolute atomic E-state index is 14.0. The van der Waals surface area contributed by atoms with Crippen LogP contribution in [0.15, 0.2) is 35.1 Å². The van der Waals surface area contributed by atoms with E-state index in [1.165, 1.54) is 17.0 Å². The number of amides is 1. The Kier molecular flexibility index (Phi) is 5.00. The van der Waals surface area contributed by atoms with E-state index in [1.54, 1.807) is 13.8 Å². The van der Waals surface area contributed by atoms with Crippen LogP contribution < -0.4 is 5.56 Å². The molecule has 2 N–H and O–H groups in total. The third-order valence-corrected chi connectivity index (χ3v) is 5.24. The molecule has 6 nitrogen and oxygen atoms in total. The molecule has 10 heteroatoms. The van der Waals surface area contributed by atoms with Gasteiger partial charge in [0, 0.05) is 22.8 Å². The summed E-state index contributed by atoms with van der Waals surface area (Å²) in [5, 5.41) is 6.06. The second kappa shape index (κ2) is 7.53. The smallest absolute Gasteiger partial charge is 0.272 e. The number of carbonyl (C=O) groups is 1. The van der Waals surface area contributed by atoms with Crippen LogP contribution in [0, 0.1) is 23.3 Å². The van der Waals surface area contributed by atoms with Gasteiger partial charge in [-0.2, -0.15) is 5.10 Å². The molecular weight excluding hydrogens is 416 g/mol. The topological polar surface area (TPSA) is 81.8 Å². The Balaban J connectivity index is 1.79. The Morgan fingerprint density at radius 3 is 2.39 bits per heavy atom. The Bertz CT molecular complexity index is 1400. The number of carbonyl (C=O) groups excluding carboxylic acids is 1. The normalized spacial score (nSPS) is 12.5. The van der Waals surface area contributed by atoms with E-state index in [2.05, 4.69) is 15.2 Å². The lowest BCUT2D eigenvalue weighted by atomic mass is 10.0. The molecule has 1 unspecified atom stereocenters. The molecule has 0 bridgehead atoms. The van der Waals surface area contributed by atoms with Crippen molar-refractivity contribution in [1.29, 1.82) is 0 Å². The van der Waals surface area contributed by atoms with Crippen molar-refractivity contribution in [3.05, 3.63) is 75.3 Å². The molecule has 0 aliphatic carbocycles. The first-order valence-corrected chi connectivity index (χ1v) is 9.38. The molecule has 0 fully saturated rings. The average molecular weight is 432 g/mol. The van der Waals surface area contributed by atoms with Crippen LogP contribution >= 0.6 is 0 Å². The lowest BCUT2D eigenvalue weighted by Gasteiger charge is -2.27. The number of hydrogen-bond acceptors (Lipinski definition) is 3. The Morgan fingerprint density at radius 1 is 1.03 bits per heavy atom. The van der Waals surface area contributed by atoms with Gasteiger partial charge in [0.1, 0.15) is 5.69 Å². The zero-order valence-electron chi connectivity index (χ0n) is 16.4. The zero-order chi connectivity index (χ0) is 22.4. The SMILES string of the molecule is CCN(C(=O)c1cc2c(F)c(F)ccc2[nH]1)C(C)c1n[nH]c(=O)c2cc(F)c(F)cc12. The first-order chi connectivity index (χ1) is 14.7.